The Morgan fingerprint density at radius 1 is 1.19 bits per heavy atom. The van der Waals surface area contributed by atoms with Gasteiger partial charge in [-0.15, -0.1) is 0 Å². The van der Waals surface area contributed by atoms with Gasteiger partial charge in [0.25, 0.3) is 5.91 Å². The molecule has 0 fully saturated rings. The molecule has 0 radical (unpaired) electrons. The zero-order valence-corrected chi connectivity index (χ0v) is 13.0. The lowest BCUT2D eigenvalue weighted by Gasteiger charge is -2.08. The van der Waals surface area contributed by atoms with Crippen LogP contribution in [-0.2, 0) is 13.1 Å². The van der Waals surface area contributed by atoms with E-state index >= 15 is 0 Å². The number of carbonyl (C=O) groups excluding carboxylic acids is 1. The zero-order valence-electron chi connectivity index (χ0n) is 13.0. The van der Waals surface area contributed by atoms with Gasteiger partial charge in [0.1, 0.15) is 17.9 Å². The first kappa shape index (κ1) is 15.3. The van der Waals surface area contributed by atoms with Crippen LogP contribution < -0.4 is 10.2 Å². The lowest BCUT2D eigenvalue weighted by atomic mass is 10.1. The number of amides is 1. The van der Waals surface area contributed by atoms with Gasteiger partial charge in [-0.1, -0.05) is 29.4 Å². The number of rotatable bonds is 5. The van der Waals surface area contributed by atoms with Gasteiger partial charge < -0.3 is 14.7 Å². The Labute approximate surface area is 124 Å². The van der Waals surface area contributed by atoms with Crippen molar-refractivity contribution in [1.29, 1.82) is 0 Å². The van der Waals surface area contributed by atoms with Crippen molar-refractivity contribution in [3.63, 3.8) is 0 Å². The first-order valence-corrected chi connectivity index (χ1v) is 7.05. The van der Waals surface area contributed by atoms with E-state index in [0.717, 1.165) is 12.1 Å². The monoisotopic (exact) mass is 288 g/mol. The summed E-state index contributed by atoms with van der Waals surface area (Å²) in [4.78, 5) is 13.5. The number of nitrogens with zero attached hydrogens (tertiary/aromatic N) is 1. The molecule has 0 unspecified atom stereocenters. The second kappa shape index (κ2) is 6.54. The second-order valence-electron chi connectivity index (χ2n) is 5.58. The minimum Gasteiger partial charge on any atom is -0.361 e. The van der Waals surface area contributed by atoms with Gasteiger partial charge in [0.05, 0.1) is 19.8 Å². The molecule has 0 saturated heterocycles. The van der Waals surface area contributed by atoms with E-state index < -0.39 is 0 Å². The van der Waals surface area contributed by atoms with Gasteiger partial charge in [0.2, 0.25) is 0 Å². The minimum atomic E-state index is -0.145. The van der Waals surface area contributed by atoms with E-state index in [1.807, 2.05) is 12.1 Å². The van der Waals surface area contributed by atoms with Crippen molar-refractivity contribution >= 4 is 5.91 Å². The van der Waals surface area contributed by atoms with Crippen LogP contribution in [0.1, 0.15) is 32.9 Å². The highest BCUT2D eigenvalue weighted by atomic mass is 16.5. The molecule has 0 atom stereocenters. The summed E-state index contributed by atoms with van der Waals surface area (Å²) in [7, 11) is 4.25. The van der Waals surface area contributed by atoms with Crippen LogP contribution in [0.3, 0.4) is 0 Å². The summed E-state index contributed by atoms with van der Waals surface area (Å²) < 4.78 is 5.01. The summed E-state index contributed by atoms with van der Waals surface area (Å²) >= 11 is 0. The molecule has 5 heteroatoms. The number of hydrogen-bond acceptors (Lipinski definition) is 3. The lowest BCUT2D eigenvalue weighted by Crippen LogP contribution is -3.04. The molecule has 2 aromatic rings. The summed E-state index contributed by atoms with van der Waals surface area (Å²) in [5.41, 5.74) is 3.51. The molecule has 0 aliphatic heterocycles. The molecule has 0 saturated carbocycles. The highest BCUT2D eigenvalue weighted by molar-refractivity contribution is 5.95. The summed E-state index contributed by atoms with van der Waals surface area (Å²) in [5, 5.41) is 6.69. The first-order chi connectivity index (χ1) is 9.97. The second-order valence-corrected chi connectivity index (χ2v) is 5.58. The van der Waals surface area contributed by atoms with E-state index in [0.29, 0.717) is 23.6 Å². The number of carbonyl (C=O) groups is 1. The fourth-order valence-corrected chi connectivity index (χ4v) is 2.26. The molecule has 1 aromatic heterocycles. The van der Waals surface area contributed by atoms with Crippen molar-refractivity contribution in [3.8, 4) is 0 Å². The van der Waals surface area contributed by atoms with Gasteiger partial charge in [-0.05, 0) is 19.4 Å². The molecule has 112 valence electrons. The van der Waals surface area contributed by atoms with Crippen LogP contribution in [-0.4, -0.2) is 25.2 Å². The Balaban J connectivity index is 1.95. The molecule has 1 aromatic carbocycles. The van der Waals surface area contributed by atoms with Crippen LogP contribution >= 0.6 is 0 Å². The van der Waals surface area contributed by atoms with Crippen molar-refractivity contribution < 1.29 is 14.2 Å². The number of quaternary nitrogens is 1. The van der Waals surface area contributed by atoms with E-state index in [1.54, 1.807) is 13.8 Å². The molecular weight excluding hydrogens is 266 g/mol. The highest BCUT2D eigenvalue weighted by Crippen LogP contribution is 2.12. The lowest BCUT2D eigenvalue weighted by molar-refractivity contribution is -0.872. The summed E-state index contributed by atoms with van der Waals surface area (Å²) in [6, 6.07) is 8.30. The molecule has 2 rings (SSSR count). The maximum Gasteiger partial charge on any atom is 0.257 e. The largest absolute Gasteiger partial charge is 0.361 e. The number of aryl methyl sites for hydroxylation is 2. The number of hydrogen-bond donors (Lipinski definition) is 2. The third-order valence-electron chi connectivity index (χ3n) is 3.29. The third-order valence-corrected chi connectivity index (χ3v) is 3.29. The normalized spacial score (nSPS) is 10.9. The SMILES string of the molecule is Cc1noc(C)c1C(=O)NCc1ccc(C[NH+](C)C)cc1. The maximum absolute atomic E-state index is 12.1. The van der Waals surface area contributed by atoms with E-state index in [4.69, 9.17) is 4.52 Å². The first-order valence-electron chi connectivity index (χ1n) is 7.05. The highest BCUT2D eigenvalue weighted by Gasteiger charge is 2.16. The van der Waals surface area contributed by atoms with Crippen LogP contribution in [0.25, 0.3) is 0 Å². The average molecular weight is 288 g/mol. The molecule has 0 aliphatic carbocycles. The maximum atomic E-state index is 12.1. The number of nitrogens with one attached hydrogen (secondary N) is 2. The van der Waals surface area contributed by atoms with E-state index in [2.05, 4.69) is 36.7 Å². The number of aromatic nitrogens is 1. The summed E-state index contributed by atoms with van der Waals surface area (Å²) in [5.74, 6) is 0.405. The molecule has 0 spiro atoms. The van der Waals surface area contributed by atoms with Crippen molar-refractivity contribution in [1.82, 2.24) is 10.5 Å². The van der Waals surface area contributed by atoms with Crippen LogP contribution in [0, 0.1) is 13.8 Å². The van der Waals surface area contributed by atoms with E-state index in [1.165, 1.54) is 10.5 Å². The minimum absolute atomic E-state index is 0.145. The molecule has 5 nitrogen and oxygen atoms in total. The smallest absolute Gasteiger partial charge is 0.257 e. The Morgan fingerprint density at radius 3 is 2.33 bits per heavy atom. The molecule has 0 bridgehead atoms. The van der Waals surface area contributed by atoms with Crippen LogP contribution in [0.5, 0.6) is 0 Å². The Bertz CT molecular complexity index is 595. The quantitative estimate of drug-likeness (QED) is 0.858. The third kappa shape index (κ3) is 3.92. The average Bonchev–Trinajstić information content (AvgIpc) is 2.76. The number of benzene rings is 1. The van der Waals surface area contributed by atoms with Gasteiger partial charge in [0, 0.05) is 12.1 Å². The van der Waals surface area contributed by atoms with Crippen molar-refractivity contribution in [2.75, 3.05) is 14.1 Å². The molecule has 1 amide bonds. The Morgan fingerprint density at radius 2 is 1.81 bits per heavy atom. The molecule has 0 aliphatic rings. The van der Waals surface area contributed by atoms with Gasteiger partial charge in [-0.2, -0.15) is 0 Å². The van der Waals surface area contributed by atoms with Crippen LogP contribution in [0.15, 0.2) is 28.8 Å². The van der Waals surface area contributed by atoms with Gasteiger partial charge in [0.15, 0.2) is 0 Å². The molecule has 2 N–H and O–H groups in total. The van der Waals surface area contributed by atoms with Crippen LogP contribution in [0.2, 0.25) is 0 Å². The predicted molar refractivity (Wildman–Crippen MR) is 80.1 cm³/mol. The van der Waals surface area contributed by atoms with Gasteiger partial charge in [-0.25, -0.2) is 0 Å². The Hall–Kier alpha value is -2.14. The van der Waals surface area contributed by atoms with Crippen molar-refractivity contribution in [2.24, 2.45) is 0 Å². The van der Waals surface area contributed by atoms with Crippen LogP contribution in [0.4, 0.5) is 0 Å². The van der Waals surface area contributed by atoms with E-state index in [9.17, 15) is 4.79 Å². The molecule has 21 heavy (non-hydrogen) atoms. The zero-order chi connectivity index (χ0) is 15.4. The van der Waals surface area contributed by atoms with Gasteiger partial charge >= 0.3 is 0 Å². The predicted octanol–water partition coefficient (Wildman–Crippen LogP) is 0.866. The molecule has 1 heterocycles. The Kier molecular flexibility index (Phi) is 4.75. The van der Waals surface area contributed by atoms with Gasteiger partial charge in [-0.3, -0.25) is 4.79 Å². The fraction of sp³-hybridized carbons (Fsp3) is 0.375. The molecular formula is C16H22N3O2+. The fourth-order valence-electron chi connectivity index (χ4n) is 2.26. The van der Waals surface area contributed by atoms with Crippen molar-refractivity contribution in [3.05, 3.63) is 52.4 Å². The summed E-state index contributed by atoms with van der Waals surface area (Å²) in [6.45, 7) is 5.00. The van der Waals surface area contributed by atoms with Crippen molar-refractivity contribution in [2.45, 2.75) is 26.9 Å². The summed E-state index contributed by atoms with van der Waals surface area (Å²) in [6.07, 6.45) is 0. The standard InChI is InChI=1S/C16H21N3O2/c1-11-15(12(2)21-18-11)16(20)17-9-13-5-7-14(8-6-13)10-19(3)4/h5-8H,9-10H2,1-4H3,(H,17,20)/p+1. The topological polar surface area (TPSA) is 59.6 Å². The van der Waals surface area contributed by atoms with E-state index in [-0.39, 0.29) is 5.91 Å².